The maximum Gasteiger partial charge on any atom is 0.348 e. The maximum absolute atomic E-state index is 14.1. The molecule has 254 valence electrons. The van der Waals surface area contributed by atoms with Crippen molar-refractivity contribution in [3.05, 3.63) is 93.7 Å². The first-order chi connectivity index (χ1) is 24.5. The van der Waals surface area contributed by atoms with Crippen LogP contribution < -0.4 is 10.6 Å². The number of ketones is 1. The maximum atomic E-state index is 14.1. The normalized spacial score (nSPS) is 14.9. The summed E-state index contributed by atoms with van der Waals surface area (Å²) in [5.74, 6) is -6.83. The molecule has 2 aliphatic heterocycles. The number of anilines is 2. The summed E-state index contributed by atoms with van der Waals surface area (Å²) >= 11 is 11.8. The fourth-order valence-electron chi connectivity index (χ4n) is 4.95. The fraction of sp³-hybridized carbons (Fsp3) is 0.0333. The quantitative estimate of drug-likeness (QED) is 0.107. The number of carbonyl (C=O) groups is 3. The van der Waals surface area contributed by atoms with Gasteiger partial charge in [-0.3, -0.25) is 4.79 Å². The zero-order valence-electron chi connectivity index (χ0n) is 25.2. The van der Waals surface area contributed by atoms with Crippen LogP contribution in [0.5, 0.6) is 23.3 Å². The van der Waals surface area contributed by atoms with E-state index in [-0.39, 0.29) is 23.2 Å². The molecule has 19 nitrogen and oxygen atoms in total. The van der Waals surface area contributed by atoms with Gasteiger partial charge in [0.1, 0.15) is 28.8 Å². The van der Waals surface area contributed by atoms with Crippen molar-refractivity contribution in [3.63, 3.8) is 0 Å². The molecule has 0 fully saturated rings. The third-order valence-corrected chi connectivity index (χ3v) is 7.73. The molecule has 2 aliphatic rings. The van der Waals surface area contributed by atoms with Crippen LogP contribution in [0.4, 0.5) is 32.9 Å². The van der Waals surface area contributed by atoms with Crippen LogP contribution in [-0.4, -0.2) is 69.3 Å². The number of hydrogen-bond donors (Lipinski definition) is 6. The van der Waals surface area contributed by atoms with Crippen molar-refractivity contribution in [3.8, 4) is 23.3 Å². The third kappa shape index (κ3) is 6.20. The molecule has 0 aliphatic carbocycles. The van der Waals surface area contributed by atoms with Crippen LogP contribution in [0.25, 0.3) is 0 Å². The van der Waals surface area contributed by atoms with Crippen molar-refractivity contribution in [2.75, 3.05) is 10.6 Å². The van der Waals surface area contributed by atoms with Gasteiger partial charge in [-0.15, -0.1) is 20.5 Å². The molecule has 2 aromatic heterocycles. The summed E-state index contributed by atoms with van der Waals surface area (Å²) in [4.78, 5) is 55.6. The second kappa shape index (κ2) is 12.8. The van der Waals surface area contributed by atoms with Gasteiger partial charge in [0.05, 0.1) is 5.56 Å². The van der Waals surface area contributed by atoms with Crippen LogP contribution in [0, 0.1) is 0 Å². The van der Waals surface area contributed by atoms with Gasteiger partial charge in [-0.2, -0.15) is 9.98 Å². The number of Topliss-reactive ketones (excluding diaryl/α,β-unsaturated/α-hetero) is 1. The van der Waals surface area contributed by atoms with Crippen LogP contribution in [-0.2, 0) is 0 Å². The predicted molar refractivity (Wildman–Crippen MR) is 179 cm³/mol. The number of phenols is 2. The van der Waals surface area contributed by atoms with Crippen LogP contribution >= 0.6 is 23.2 Å². The first-order valence-corrected chi connectivity index (χ1v) is 15.1. The highest BCUT2D eigenvalue weighted by Gasteiger charge is 2.41. The van der Waals surface area contributed by atoms with Crippen molar-refractivity contribution < 1.29 is 34.8 Å². The number of aliphatic imine (C=N–C) groups is 2. The molecular weight excluding hydrogens is 711 g/mol. The number of nitrogens with zero attached hydrogens (tertiary/aromatic N) is 10. The Kier molecular flexibility index (Phi) is 8.17. The van der Waals surface area contributed by atoms with E-state index in [4.69, 9.17) is 23.2 Å². The Morgan fingerprint density at radius 1 is 0.647 bits per heavy atom. The highest BCUT2D eigenvalue weighted by Crippen LogP contribution is 2.44. The van der Waals surface area contributed by atoms with Gasteiger partial charge in [-0.1, -0.05) is 23.2 Å². The molecule has 6 N–H and O–H groups in total. The average Bonchev–Trinajstić information content (AvgIpc) is 3.84. The van der Waals surface area contributed by atoms with Gasteiger partial charge in [0.2, 0.25) is 11.8 Å². The molecule has 0 spiro atoms. The van der Waals surface area contributed by atoms with E-state index < -0.39 is 64.6 Å². The lowest BCUT2D eigenvalue weighted by molar-refractivity contribution is 0.0966. The van der Waals surface area contributed by atoms with Crippen LogP contribution in [0.15, 0.2) is 97.2 Å². The number of aromatic nitrogens is 4. The summed E-state index contributed by atoms with van der Waals surface area (Å²) in [5, 5.41) is 64.3. The number of urea groups is 2. The minimum atomic E-state index is -1.81. The fourth-order valence-corrected chi connectivity index (χ4v) is 5.20. The predicted octanol–water partition coefficient (Wildman–Crippen LogP) is 6.29. The topological polar surface area (TPSA) is 266 Å². The first kappa shape index (κ1) is 32.6. The van der Waals surface area contributed by atoms with E-state index in [1.54, 1.807) is 24.3 Å². The average molecular weight is 729 g/mol. The SMILES string of the molecule is O=C(/N=C1\N=Nc2nc(C(C(=O)c3ccc(O)cc3O)c3nc4n(c3O)/C(=N/C(=O)Nc3ccc(Cl)cc3)N=N4)c(O)n21)Nc1ccc(Cl)cc1. The molecule has 0 unspecified atom stereocenters. The van der Waals surface area contributed by atoms with Crippen molar-refractivity contribution in [1.82, 2.24) is 19.1 Å². The third-order valence-electron chi connectivity index (χ3n) is 7.23. The standard InChI is InChI=1S/C30H18Cl2N12O7/c31-12-1-5-14(6-2-12)33-29(50)37-27-41-39-25-35-20(23(48)43(25)27)19(22(47)17-10-9-16(45)11-18(17)46)21-24(49)44-26(36-21)40-42-28(44)38-30(51)34-15-7-3-13(32)4-8-15/h1-11,19,45-46,48-49H,(H,33,50)(H,34,51)/b37-27+,38-28+. The molecule has 21 heteroatoms. The summed E-state index contributed by atoms with van der Waals surface area (Å²) in [6.45, 7) is 0. The summed E-state index contributed by atoms with van der Waals surface area (Å²) in [7, 11) is 0. The Morgan fingerprint density at radius 3 is 1.53 bits per heavy atom. The van der Waals surface area contributed by atoms with E-state index in [0.717, 1.165) is 27.3 Å². The molecule has 5 aromatic rings. The molecule has 0 atom stereocenters. The van der Waals surface area contributed by atoms with Crippen molar-refractivity contribution in [1.29, 1.82) is 0 Å². The van der Waals surface area contributed by atoms with Crippen molar-refractivity contribution in [2.45, 2.75) is 5.92 Å². The number of amides is 4. The summed E-state index contributed by atoms with van der Waals surface area (Å²) in [6.07, 6.45) is 0. The second-order valence-electron chi connectivity index (χ2n) is 10.5. The minimum Gasteiger partial charge on any atom is -0.508 e. The first-order valence-electron chi connectivity index (χ1n) is 14.3. The lowest BCUT2D eigenvalue weighted by Crippen LogP contribution is -2.18. The van der Waals surface area contributed by atoms with E-state index in [2.05, 4.69) is 51.0 Å². The van der Waals surface area contributed by atoms with E-state index in [0.29, 0.717) is 21.4 Å². The van der Waals surface area contributed by atoms with Gasteiger partial charge in [0, 0.05) is 27.5 Å². The Hall–Kier alpha value is -6.99. The monoisotopic (exact) mass is 728 g/mol. The summed E-state index contributed by atoms with van der Waals surface area (Å²) in [6, 6.07) is 13.6. The van der Waals surface area contributed by atoms with Gasteiger partial charge in [0.15, 0.2) is 5.78 Å². The number of azo groups is 2. The van der Waals surface area contributed by atoms with E-state index in [1.165, 1.54) is 24.3 Å². The number of benzene rings is 3. The molecular formula is C30H18Cl2N12O7. The number of phenolic OH excluding ortho intramolecular Hbond substituents is 2. The molecule has 0 saturated heterocycles. The van der Waals surface area contributed by atoms with Crippen molar-refractivity contribution in [2.24, 2.45) is 30.4 Å². The van der Waals surface area contributed by atoms with Gasteiger partial charge >= 0.3 is 12.1 Å². The Bertz CT molecular complexity index is 2260. The summed E-state index contributed by atoms with van der Waals surface area (Å²) < 4.78 is 1.73. The number of rotatable bonds is 6. The Balaban J connectivity index is 1.27. The number of carbonyl (C=O) groups excluding carboxylic acids is 3. The van der Waals surface area contributed by atoms with E-state index >= 15 is 0 Å². The van der Waals surface area contributed by atoms with E-state index in [9.17, 15) is 34.8 Å². The number of imidazole rings is 2. The van der Waals surface area contributed by atoms with Crippen LogP contribution in [0.2, 0.25) is 10.0 Å². The summed E-state index contributed by atoms with van der Waals surface area (Å²) in [5.41, 5.74) is -0.590. The number of halogens is 2. The lowest BCUT2D eigenvalue weighted by atomic mass is 9.91. The zero-order valence-corrected chi connectivity index (χ0v) is 26.7. The zero-order chi connectivity index (χ0) is 36.0. The Labute approximate surface area is 293 Å². The smallest absolute Gasteiger partial charge is 0.348 e. The molecule has 3 aromatic carbocycles. The van der Waals surface area contributed by atoms with Gasteiger partial charge in [-0.05, 0) is 60.7 Å². The van der Waals surface area contributed by atoms with Crippen molar-refractivity contribution >= 4 is 76.2 Å². The molecule has 0 bridgehead atoms. The Morgan fingerprint density at radius 2 is 1.10 bits per heavy atom. The molecule has 51 heavy (non-hydrogen) atoms. The number of aromatic hydroxyl groups is 4. The lowest BCUT2D eigenvalue weighted by Gasteiger charge is -2.14. The van der Waals surface area contributed by atoms with Crippen LogP contribution in [0.3, 0.4) is 0 Å². The second-order valence-corrected chi connectivity index (χ2v) is 11.4. The highest BCUT2D eigenvalue weighted by molar-refractivity contribution is 6.31. The molecule has 0 saturated carbocycles. The molecule has 4 amide bonds. The minimum absolute atomic E-state index is 0.305. The number of fused-ring (bicyclic) bond motifs is 2. The van der Waals surface area contributed by atoms with E-state index in [1.807, 2.05) is 0 Å². The molecule has 4 heterocycles. The highest BCUT2D eigenvalue weighted by atomic mass is 35.5. The largest absolute Gasteiger partial charge is 0.508 e. The number of hydrogen-bond acceptors (Lipinski definition) is 11. The van der Waals surface area contributed by atoms with Gasteiger partial charge in [-0.25, -0.2) is 28.7 Å². The molecule has 0 radical (unpaired) electrons. The van der Waals surface area contributed by atoms with Gasteiger partial charge < -0.3 is 31.1 Å². The van der Waals surface area contributed by atoms with Crippen LogP contribution in [0.1, 0.15) is 27.7 Å². The molecule has 7 rings (SSSR count). The van der Waals surface area contributed by atoms with Gasteiger partial charge in [0.25, 0.3) is 23.8 Å². The number of nitrogens with one attached hydrogen (secondary N) is 2.